The second kappa shape index (κ2) is 9.25. The highest BCUT2D eigenvalue weighted by Gasteiger charge is 2.20. The number of benzene rings is 2. The zero-order valence-electron chi connectivity index (χ0n) is 17.9. The van der Waals surface area contributed by atoms with Gasteiger partial charge in [0.1, 0.15) is 0 Å². The summed E-state index contributed by atoms with van der Waals surface area (Å²) in [7, 11) is 0. The number of ether oxygens (including phenoxy) is 1. The summed E-state index contributed by atoms with van der Waals surface area (Å²) in [6, 6.07) is 13.6. The van der Waals surface area contributed by atoms with Crippen LogP contribution >= 0.6 is 0 Å². The van der Waals surface area contributed by atoms with Gasteiger partial charge >= 0.3 is 5.97 Å². The second-order valence-electron chi connectivity index (χ2n) is 8.06. The molecule has 0 spiro atoms. The van der Waals surface area contributed by atoms with Crippen LogP contribution in [0.1, 0.15) is 71.7 Å². The smallest absolute Gasteiger partial charge is 0.307 e. The minimum absolute atomic E-state index is 0.0131. The summed E-state index contributed by atoms with van der Waals surface area (Å²) >= 11 is 0. The predicted octanol–water partition coefficient (Wildman–Crippen LogP) is 5.19. The van der Waals surface area contributed by atoms with Crippen molar-refractivity contribution in [1.29, 1.82) is 0 Å². The molecule has 0 saturated heterocycles. The number of esters is 1. The molecular weight excluding hydrogens is 392 g/mol. The van der Waals surface area contributed by atoms with Crippen LogP contribution < -0.4 is 0 Å². The van der Waals surface area contributed by atoms with Crippen molar-refractivity contribution >= 4 is 11.8 Å². The first kappa shape index (κ1) is 21.0. The third-order valence-corrected chi connectivity index (χ3v) is 5.62. The van der Waals surface area contributed by atoms with E-state index in [1.807, 2.05) is 49.4 Å². The lowest BCUT2D eigenvalue weighted by atomic mass is 9.89. The van der Waals surface area contributed by atoms with Crippen molar-refractivity contribution in [3.8, 4) is 11.5 Å². The topological polar surface area (TPSA) is 82.3 Å². The SMILES string of the molecule is Cc1ccc(-c2nnc(C(C)OC(=O)CCC(=O)c3ccc4c(c3)CCCC4)o2)cc1. The number of rotatable bonds is 7. The normalized spacial score (nSPS) is 14.0. The fourth-order valence-corrected chi connectivity index (χ4v) is 3.78. The van der Waals surface area contributed by atoms with Gasteiger partial charge in [-0.2, -0.15) is 0 Å². The van der Waals surface area contributed by atoms with Gasteiger partial charge in [0, 0.05) is 17.5 Å². The average molecular weight is 418 g/mol. The van der Waals surface area contributed by atoms with E-state index in [1.54, 1.807) is 6.92 Å². The number of aromatic nitrogens is 2. The van der Waals surface area contributed by atoms with Crippen LogP contribution in [0.4, 0.5) is 0 Å². The lowest BCUT2D eigenvalue weighted by molar-refractivity contribution is -0.149. The molecule has 0 aliphatic heterocycles. The summed E-state index contributed by atoms with van der Waals surface area (Å²) < 4.78 is 11.0. The number of carbonyl (C=O) groups is 2. The third-order valence-electron chi connectivity index (χ3n) is 5.62. The van der Waals surface area contributed by atoms with Gasteiger partial charge in [0.25, 0.3) is 5.89 Å². The number of hydrogen-bond acceptors (Lipinski definition) is 6. The standard InChI is InChI=1S/C25H26N2O4/c1-16-7-9-19(10-8-16)25-27-26-24(31-25)17(2)30-23(29)14-13-22(28)21-12-11-18-5-3-4-6-20(18)15-21/h7-12,15,17H,3-6,13-14H2,1-2H3. The molecule has 31 heavy (non-hydrogen) atoms. The van der Waals surface area contributed by atoms with Crippen molar-refractivity contribution in [2.24, 2.45) is 0 Å². The quantitative estimate of drug-likeness (QED) is 0.388. The number of Topliss-reactive ketones (excluding diaryl/α,β-unsaturated/α-hetero) is 1. The summed E-state index contributed by atoms with van der Waals surface area (Å²) in [5, 5.41) is 8.02. The summed E-state index contributed by atoms with van der Waals surface area (Å²) in [5.74, 6) is 0.0942. The van der Waals surface area contributed by atoms with Crippen LogP contribution in [0.15, 0.2) is 46.9 Å². The van der Waals surface area contributed by atoms with Crippen LogP contribution in [0, 0.1) is 6.92 Å². The van der Waals surface area contributed by atoms with Crippen molar-refractivity contribution in [3.63, 3.8) is 0 Å². The molecule has 0 saturated carbocycles. The van der Waals surface area contributed by atoms with Gasteiger partial charge in [0.05, 0.1) is 6.42 Å². The highest BCUT2D eigenvalue weighted by atomic mass is 16.6. The molecule has 6 heteroatoms. The van der Waals surface area contributed by atoms with E-state index in [2.05, 4.69) is 10.2 Å². The zero-order valence-corrected chi connectivity index (χ0v) is 17.9. The van der Waals surface area contributed by atoms with E-state index in [0.717, 1.165) is 30.4 Å². The molecule has 3 aromatic rings. The molecule has 1 aliphatic carbocycles. The summed E-state index contributed by atoms with van der Waals surface area (Å²) in [6.07, 6.45) is 3.91. The molecule has 0 N–H and O–H groups in total. The number of ketones is 1. The first-order valence-corrected chi connectivity index (χ1v) is 10.7. The van der Waals surface area contributed by atoms with E-state index in [1.165, 1.54) is 17.5 Å². The Balaban J connectivity index is 1.30. The van der Waals surface area contributed by atoms with Crippen molar-refractivity contribution in [2.45, 2.75) is 58.5 Å². The molecule has 2 aromatic carbocycles. The van der Waals surface area contributed by atoms with Gasteiger partial charge in [-0.15, -0.1) is 10.2 Å². The number of hydrogen-bond donors (Lipinski definition) is 0. The van der Waals surface area contributed by atoms with Gasteiger partial charge in [-0.05, 0) is 68.9 Å². The molecule has 1 heterocycles. The van der Waals surface area contributed by atoms with E-state index in [0.29, 0.717) is 11.5 Å². The third kappa shape index (κ3) is 5.08. The number of fused-ring (bicyclic) bond motifs is 1. The summed E-state index contributed by atoms with van der Waals surface area (Å²) in [5.41, 5.74) is 5.20. The minimum atomic E-state index is -0.682. The molecular formula is C25H26N2O4. The Morgan fingerprint density at radius 3 is 2.52 bits per heavy atom. The van der Waals surface area contributed by atoms with Gasteiger partial charge in [0.2, 0.25) is 5.89 Å². The van der Waals surface area contributed by atoms with Crippen molar-refractivity contribution in [2.75, 3.05) is 0 Å². The Hall–Kier alpha value is -3.28. The first-order chi connectivity index (χ1) is 15.0. The largest absolute Gasteiger partial charge is 0.453 e. The molecule has 1 unspecified atom stereocenters. The Bertz CT molecular complexity index is 1090. The van der Waals surface area contributed by atoms with Crippen molar-refractivity contribution < 1.29 is 18.7 Å². The van der Waals surface area contributed by atoms with Gasteiger partial charge in [-0.1, -0.05) is 29.8 Å². The maximum Gasteiger partial charge on any atom is 0.307 e. The zero-order chi connectivity index (χ0) is 21.8. The van der Waals surface area contributed by atoms with Crippen LogP contribution in [-0.4, -0.2) is 21.9 Å². The molecule has 0 amide bonds. The number of aryl methyl sites for hydroxylation is 3. The maximum atomic E-state index is 12.5. The van der Waals surface area contributed by atoms with Crippen molar-refractivity contribution in [3.05, 3.63) is 70.6 Å². The van der Waals surface area contributed by atoms with Gasteiger partial charge in [-0.3, -0.25) is 9.59 Å². The molecule has 1 atom stereocenters. The highest BCUT2D eigenvalue weighted by Crippen LogP contribution is 2.24. The van der Waals surface area contributed by atoms with Gasteiger partial charge in [0.15, 0.2) is 11.9 Å². The lowest BCUT2D eigenvalue weighted by Crippen LogP contribution is -2.12. The van der Waals surface area contributed by atoms with Crippen LogP contribution in [-0.2, 0) is 22.4 Å². The van der Waals surface area contributed by atoms with E-state index in [-0.39, 0.29) is 24.5 Å². The minimum Gasteiger partial charge on any atom is -0.453 e. The van der Waals surface area contributed by atoms with E-state index in [4.69, 9.17) is 9.15 Å². The number of carbonyl (C=O) groups excluding carboxylic acids is 2. The summed E-state index contributed by atoms with van der Waals surface area (Å²) in [4.78, 5) is 24.8. The molecule has 1 aliphatic rings. The van der Waals surface area contributed by atoms with Crippen LogP contribution in [0.5, 0.6) is 0 Å². The molecule has 6 nitrogen and oxygen atoms in total. The number of nitrogens with zero attached hydrogens (tertiary/aromatic N) is 2. The van der Waals surface area contributed by atoms with Gasteiger partial charge < -0.3 is 9.15 Å². The van der Waals surface area contributed by atoms with E-state index >= 15 is 0 Å². The lowest BCUT2D eigenvalue weighted by Gasteiger charge is -2.16. The van der Waals surface area contributed by atoms with Crippen LogP contribution in [0.25, 0.3) is 11.5 Å². The van der Waals surface area contributed by atoms with E-state index < -0.39 is 12.1 Å². The molecule has 0 bridgehead atoms. The van der Waals surface area contributed by atoms with Crippen LogP contribution in [0.2, 0.25) is 0 Å². The molecule has 0 radical (unpaired) electrons. The Kier molecular flexibility index (Phi) is 6.26. The summed E-state index contributed by atoms with van der Waals surface area (Å²) in [6.45, 7) is 3.68. The van der Waals surface area contributed by atoms with Crippen molar-refractivity contribution in [1.82, 2.24) is 10.2 Å². The average Bonchev–Trinajstić information content (AvgIpc) is 3.28. The Morgan fingerprint density at radius 1 is 1.00 bits per heavy atom. The molecule has 4 rings (SSSR count). The molecule has 0 fully saturated rings. The highest BCUT2D eigenvalue weighted by molar-refractivity contribution is 5.97. The van der Waals surface area contributed by atoms with Gasteiger partial charge in [-0.25, -0.2) is 0 Å². The van der Waals surface area contributed by atoms with E-state index in [9.17, 15) is 9.59 Å². The fraction of sp³-hybridized carbons (Fsp3) is 0.360. The monoisotopic (exact) mass is 418 g/mol. The molecule has 1 aromatic heterocycles. The van der Waals surface area contributed by atoms with Crippen LogP contribution in [0.3, 0.4) is 0 Å². The second-order valence-corrected chi connectivity index (χ2v) is 8.06. The maximum absolute atomic E-state index is 12.5. The Labute approximate surface area is 181 Å². The fourth-order valence-electron chi connectivity index (χ4n) is 3.78. The predicted molar refractivity (Wildman–Crippen MR) is 116 cm³/mol. The molecule has 160 valence electrons. The Morgan fingerprint density at radius 2 is 1.74 bits per heavy atom. The first-order valence-electron chi connectivity index (χ1n) is 10.7.